The van der Waals surface area contributed by atoms with E-state index in [1.807, 2.05) is 39.7 Å². The van der Waals surface area contributed by atoms with Crippen molar-refractivity contribution in [1.82, 2.24) is 13.9 Å². The zero-order chi connectivity index (χ0) is 36.2. The molecule has 0 saturated heterocycles. The number of nitrogens with zero attached hydrogens (tertiary/aromatic N) is 3. The molecule has 2 aliphatic heterocycles. The van der Waals surface area contributed by atoms with Gasteiger partial charge >= 0.3 is 11.4 Å². The third-order valence-corrected chi connectivity index (χ3v) is 20.6. The number of allylic oxidation sites excluding steroid dienone is 3. The average molecular weight is 700 g/mol. The minimum absolute atomic E-state index is 0.0647. The molecule has 4 aliphatic carbocycles. The van der Waals surface area contributed by atoms with E-state index in [0.29, 0.717) is 23.9 Å². The van der Waals surface area contributed by atoms with Crippen LogP contribution in [-0.2, 0) is 15.5 Å². The number of para-hydroxylation sites is 1. The van der Waals surface area contributed by atoms with Crippen LogP contribution in [0.1, 0.15) is 114 Å². The molecule has 2 aromatic rings. The quantitative estimate of drug-likeness (QED) is 0.194. The van der Waals surface area contributed by atoms with E-state index in [2.05, 4.69) is 99.7 Å². The van der Waals surface area contributed by atoms with Gasteiger partial charge in [0.05, 0.1) is 22.9 Å². The van der Waals surface area contributed by atoms with E-state index in [1.54, 1.807) is 0 Å². The van der Waals surface area contributed by atoms with Gasteiger partial charge in [-0.05, 0) is 103 Å². The predicted molar refractivity (Wildman–Crippen MR) is 207 cm³/mol. The Morgan fingerprint density at radius 3 is 2.22 bits per heavy atom. The highest BCUT2D eigenvalue weighted by Crippen LogP contribution is 2.73. The maximum atomic E-state index is 15.1. The van der Waals surface area contributed by atoms with Crippen molar-refractivity contribution in [3.63, 3.8) is 0 Å². The Morgan fingerprint density at radius 2 is 1.58 bits per heavy atom. The normalized spacial score (nSPS) is 37.0. The van der Waals surface area contributed by atoms with Crippen LogP contribution in [0.15, 0.2) is 64.2 Å². The predicted octanol–water partition coefficient (Wildman–Crippen LogP) is 9.67. The molecule has 3 heterocycles. The van der Waals surface area contributed by atoms with Gasteiger partial charge in [0.1, 0.15) is 0 Å². The smallest absolute Gasteiger partial charge is 0.352 e. The summed E-state index contributed by atoms with van der Waals surface area (Å²) < 4.78 is 12.5. The summed E-state index contributed by atoms with van der Waals surface area (Å²) in [6, 6.07) is 9.60. The first-order chi connectivity index (χ1) is 23.4. The van der Waals surface area contributed by atoms with E-state index >= 15 is 9.59 Å². The first-order valence-electron chi connectivity index (χ1n) is 20.0. The molecule has 7 heteroatoms. The van der Waals surface area contributed by atoms with Gasteiger partial charge < -0.3 is 4.43 Å². The zero-order valence-electron chi connectivity index (χ0n) is 33.0. The van der Waals surface area contributed by atoms with Crippen LogP contribution in [-0.4, -0.2) is 28.4 Å². The van der Waals surface area contributed by atoms with Crippen LogP contribution in [0.5, 0.6) is 0 Å². The number of aromatic nitrogens is 3. The van der Waals surface area contributed by atoms with Crippen molar-refractivity contribution >= 4 is 8.32 Å². The Morgan fingerprint density at radius 1 is 0.900 bits per heavy atom. The Bertz CT molecular complexity index is 1790. The number of rotatable bonds is 9. The summed E-state index contributed by atoms with van der Waals surface area (Å²) in [5.41, 5.74) is -1.24. The van der Waals surface area contributed by atoms with Crippen molar-refractivity contribution in [2.45, 2.75) is 149 Å². The molecule has 8 rings (SSSR count). The van der Waals surface area contributed by atoms with Crippen LogP contribution >= 0.6 is 0 Å². The van der Waals surface area contributed by atoms with Crippen molar-refractivity contribution in [2.24, 2.45) is 46.3 Å². The number of benzene rings is 1. The van der Waals surface area contributed by atoms with Crippen molar-refractivity contribution < 1.29 is 4.43 Å². The van der Waals surface area contributed by atoms with E-state index in [9.17, 15) is 0 Å². The largest absolute Gasteiger partial charge is 0.410 e. The fourth-order valence-corrected chi connectivity index (χ4v) is 13.5. The van der Waals surface area contributed by atoms with Crippen LogP contribution in [0.3, 0.4) is 0 Å². The molecule has 1 aromatic carbocycles. The Hall–Kier alpha value is -2.38. The summed E-state index contributed by atoms with van der Waals surface area (Å²) in [6.07, 6.45) is 18.5. The summed E-state index contributed by atoms with van der Waals surface area (Å²) in [6.45, 7) is 26.1. The molecule has 50 heavy (non-hydrogen) atoms. The maximum absolute atomic E-state index is 15.1. The van der Waals surface area contributed by atoms with Crippen LogP contribution in [0, 0.1) is 46.3 Å². The second-order valence-corrected chi connectivity index (χ2v) is 24.3. The van der Waals surface area contributed by atoms with Crippen LogP contribution < -0.4 is 11.4 Å². The number of hydrogen-bond acceptors (Lipinski definition) is 3. The maximum Gasteiger partial charge on any atom is 0.352 e. The van der Waals surface area contributed by atoms with Gasteiger partial charge in [-0.25, -0.2) is 23.5 Å². The van der Waals surface area contributed by atoms with Crippen molar-refractivity contribution in [3.8, 4) is 5.69 Å². The SMILES string of the molecule is CC[C@H](CC[C@@H](C)[C@H]1CC[C@@H]2[C@]1(C)CC[C@H]1[C@]23C=C[C@]2(C[C@@H](O[Si](C)(C)C(C)(C)C)C=C[C@]12C)n1c(=O)n(-c2ccccc2)c(=O)n13)C(C)C. The van der Waals surface area contributed by atoms with Crippen LogP contribution in [0.2, 0.25) is 18.1 Å². The highest BCUT2D eigenvalue weighted by Gasteiger charge is 2.74. The first-order valence-corrected chi connectivity index (χ1v) is 22.9. The van der Waals surface area contributed by atoms with Crippen molar-refractivity contribution in [2.75, 3.05) is 0 Å². The van der Waals surface area contributed by atoms with Gasteiger partial charge in [-0.3, -0.25) is 0 Å². The van der Waals surface area contributed by atoms with Crippen LogP contribution in [0.25, 0.3) is 5.69 Å². The Balaban J connectivity index is 1.38. The van der Waals surface area contributed by atoms with Gasteiger partial charge in [0.2, 0.25) is 0 Å². The molecular formula is C43H65N3O3Si. The van der Waals surface area contributed by atoms with E-state index < -0.39 is 19.4 Å². The lowest BCUT2D eigenvalue weighted by molar-refractivity contribution is -0.166. The van der Waals surface area contributed by atoms with Gasteiger partial charge in [-0.1, -0.05) is 118 Å². The molecule has 274 valence electrons. The lowest BCUT2D eigenvalue weighted by Crippen LogP contribution is -2.76. The molecule has 6 aliphatic rings. The molecule has 2 spiro atoms. The molecule has 6 nitrogen and oxygen atoms in total. The Kier molecular flexibility index (Phi) is 8.50. The van der Waals surface area contributed by atoms with Gasteiger partial charge in [-0.2, -0.15) is 0 Å². The summed E-state index contributed by atoms with van der Waals surface area (Å²) in [4.78, 5) is 30.1. The summed E-state index contributed by atoms with van der Waals surface area (Å²) in [5.74, 6) is 3.23. The van der Waals surface area contributed by atoms with Crippen molar-refractivity contribution in [3.05, 3.63) is 75.6 Å². The molecule has 2 saturated carbocycles. The first kappa shape index (κ1) is 36.0. The molecule has 0 unspecified atom stereocenters. The van der Waals surface area contributed by atoms with E-state index in [0.717, 1.165) is 24.7 Å². The summed E-state index contributed by atoms with van der Waals surface area (Å²) >= 11 is 0. The molecular weight excluding hydrogens is 635 g/mol. The van der Waals surface area contributed by atoms with Gasteiger partial charge in [0.25, 0.3) is 0 Å². The fourth-order valence-electron chi connectivity index (χ4n) is 12.2. The lowest BCUT2D eigenvalue weighted by Gasteiger charge is -2.70. The zero-order valence-corrected chi connectivity index (χ0v) is 34.0. The standard InChI is InChI=1S/C43H65N3O3Si/c1-12-31(29(2)3)19-18-30(4)34-20-21-35-40(34,8)24-23-36-41(9)25-22-33(49-50(10,11)39(5,6)7)28-42(41)26-27-43(35,36)46-38(48)44(37(47)45(42)46)32-16-14-13-15-17-32/h13-17,22,25-27,29-31,33-36H,12,18-21,23-24,28H2,1-11H3/t30-,31-,33+,34-,35-,36-,40-,41-,42-,43+/m1/s1. The number of hydrogen-bond donors (Lipinski definition) is 0. The van der Waals surface area contributed by atoms with E-state index in [-0.39, 0.29) is 45.2 Å². The molecule has 10 atom stereocenters. The third-order valence-electron chi connectivity index (χ3n) is 16.1. The van der Waals surface area contributed by atoms with Crippen molar-refractivity contribution in [1.29, 1.82) is 0 Å². The fraction of sp³-hybridized carbons (Fsp3) is 0.721. The summed E-state index contributed by atoms with van der Waals surface area (Å²) in [5, 5.41) is 0.0647. The molecule has 0 amide bonds. The summed E-state index contributed by atoms with van der Waals surface area (Å²) in [7, 11) is -2.11. The molecule has 1 aromatic heterocycles. The third kappa shape index (κ3) is 4.73. The second-order valence-electron chi connectivity index (χ2n) is 19.6. The highest BCUT2D eigenvalue weighted by atomic mass is 28.4. The van der Waals surface area contributed by atoms with Crippen LogP contribution in [0.4, 0.5) is 0 Å². The van der Waals surface area contributed by atoms with Gasteiger partial charge in [-0.15, -0.1) is 0 Å². The highest BCUT2D eigenvalue weighted by molar-refractivity contribution is 6.74. The minimum Gasteiger partial charge on any atom is -0.410 e. The van der Waals surface area contributed by atoms with E-state index in [4.69, 9.17) is 4.43 Å². The average Bonchev–Trinajstić information content (AvgIpc) is 3.55. The van der Waals surface area contributed by atoms with E-state index in [1.165, 1.54) is 36.7 Å². The molecule has 2 fully saturated rings. The lowest BCUT2D eigenvalue weighted by atomic mass is 9.41. The van der Waals surface area contributed by atoms with Gasteiger partial charge in [0.15, 0.2) is 8.32 Å². The molecule has 0 radical (unpaired) electrons. The topological polar surface area (TPSA) is 58.2 Å². The molecule has 2 bridgehead atoms. The number of fused-ring (bicyclic) bond motifs is 1. The molecule has 0 N–H and O–H groups in total. The Labute approximate surface area is 302 Å². The van der Waals surface area contributed by atoms with Gasteiger partial charge in [0, 0.05) is 11.8 Å². The minimum atomic E-state index is -2.11. The second kappa shape index (κ2) is 11.8. The monoisotopic (exact) mass is 699 g/mol.